The van der Waals surface area contributed by atoms with Crippen molar-refractivity contribution in [3.8, 4) is 0 Å². The molecule has 0 atom stereocenters. The Bertz CT molecular complexity index is 430. The van der Waals surface area contributed by atoms with Crippen molar-refractivity contribution >= 4 is 21.8 Å². The van der Waals surface area contributed by atoms with E-state index in [1.54, 1.807) is 0 Å². The molecule has 0 fully saturated rings. The van der Waals surface area contributed by atoms with Crippen molar-refractivity contribution in [1.29, 1.82) is 0 Å². The third-order valence-corrected chi connectivity index (χ3v) is 3.57. The van der Waals surface area contributed by atoms with Gasteiger partial charge in [-0.2, -0.15) is 0 Å². The Morgan fingerprint density at radius 1 is 1.44 bits per heavy atom. The molecule has 1 amide bonds. The van der Waals surface area contributed by atoms with E-state index < -0.39 is 0 Å². The van der Waals surface area contributed by atoms with Gasteiger partial charge >= 0.3 is 0 Å². The summed E-state index contributed by atoms with van der Waals surface area (Å²) < 4.78 is 0.797. The molecule has 0 saturated heterocycles. The number of aryl methyl sites for hydroxylation is 1. The minimum Gasteiger partial charge on any atom is -0.396 e. The van der Waals surface area contributed by atoms with Crippen molar-refractivity contribution in [3.05, 3.63) is 33.8 Å². The molecule has 18 heavy (non-hydrogen) atoms. The van der Waals surface area contributed by atoms with E-state index in [1.807, 2.05) is 39.0 Å². The van der Waals surface area contributed by atoms with Crippen molar-refractivity contribution < 1.29 is 9.90 Å². The van der Waals surface area contributed by atoms with E-state index in [-0.39, 0.29) is 17.9 Å². The summed E-state index contributed by atoms with van der Waals surface area (Å²) in [4.78, 5) is 12.1. The lowest BCUT2D eigenvalue weighted by Gasteiger charge is -2.24. The molecule has 2 N–H and O–H groups in total. The fraction of sp³-hybridized carbons (Fsp3) is 0.500. The van der Waals surface area contributed by atoms with Gasteiger partial charge in [-0.25, -0.2) is 0 Å². The molecule has 0 aliphatic rings. The maximum atomic E-state index is 12.1. The van der Waals surface area contributed by atoms with Crippen LogP contribution in [0.25, 0.3) is 0 Å². The van der Waals surface area contributed by atoms with Crippen molar-refractivity contribution in [2.75, 3.05) is 13.2 Å². The van der Waals surface area contributed by atoms with E-state index in [2.05, 4.69) is 21.2 Å². The average molecular weight is 314 g/mol. The first-order valence-electron chi connectivity index (χ1n) is 6.01. The van der Waals surface area contributed by atoms with Gasteiger partial charge < -0.3 is 10.4 Å². The van der Waals surface area contributed by atoms with Crippen LogP contribution in [0.3, 0.4) is 0 Å². The molecule has 0 aromatic heterocycles. The number of carbonyl (C=O) groups excluding carboxylic acids is 1. The van der Waals surface area contributed by atoms with E-state index in [4.69, 9.17) is 5.11 Å². The topological polar surface area (TPSA) is 49.3 Å². The number of halogens is 1. The van der Waals surface area contributed by atoms with Gasteiger partial charge in [-0.3, -0.25) is 4.79 Å². The molecule has 0 aliphatic heterocycles. The second-order valence-corrected chi connectivity index (χ2v) is 6.16. The van der Waals surface area contributed by atoms with Crippen LogP contribution in [0.2, 0.25) is 0 Å². The molecule has 0 unspecified atom stereocenters. The number of aliphatic hydroxyl groups is 1. The molecule has 3 nitrogen and oxygen atoms in total. The van der Waals surface area contributed by atoms with E-state index >= 15 is 0 Å². The van der Waals surface area contributed by atoms with Crippen molar-refractivity contribution in [2.24, 2.45) is 5.41 Å². The highest BCUT2D eigenvalue weighted by Crippen LogP contribution is 2.20. The van der Waals surface area contributed by atoms with Crippen LogP contribution in [0, 0.1) is 12.3 Å². The molecule has 0 saturated carbocycles. The quantitative estimate of drug-likeness (QED) is 0.878. The molecule has 0 aliphatic carbocycles. The predicted octanol–water partition coefficient (Wildman–Crippen LogP) is 2.90. The number of hydrogen-bond donors (Lipinski definition) is 2. The molecular weight excluding hydrogens is 294 g/mol. The molecule has 0 bridgehead atoms. The van der Waals surface area contributed by atoms with Crippen LogP contribution in [-0.4, -0.2) is 24.2 Å². The second kappa shape index (κ2) is 6.34. The fourth-order valence-electron chi connectivity index (χ4n) is 1.62. The Balaban J connectivity index is 2.69. The van der Waals surface area contributed by atoms with Gasteiger partial charge in [-0.1, -0.05) is 25.5 Å². The summed E-state index contributed by atoms with van der Waals surface area (Å²) in [7, 11) is 0. The highest BCUT2D eigenvalue weighted by Gasteiger charge is 2.19. The van der Waals surface area contributed by atoms with Gasteiger partial charge in [-0.05, 0) is 46.8 Å². The summed E-state index contributed by atoms with van der Waals surface area (Å²) >= 11 is 3.38. The maximum absolute atomic E-state index is 12.1. The molecule has 1 rings (SSSR count). The van der Waals surface area contributed by atoms with Crippen LogP contribution in [0.1, 0.15) is 36.2 Å². The van der Waals surface area contributed by atoms with Crippen LogP contribution in [0.15, 0.2) is 22.7 Å². The van der Waals surface area contributed by atoms with Crippen LogP contribution in [-0.2, 0) is 0 Å². The normalized spacial score (nSPS) is 11.4. The van der Waals surface area contributed by atoms with Crippen LogP contribution >= 0.6 is 15.9 Å². The molecule has 100 valence electrons. The SMILES string of the molecule is Cc1ccc(Br)c(C(=O)NCC(C)(C)CCO)c1. The zero-order valence-corrected chi connectivity index (χ0v) is 12.7. The minimum absolute atomic E-state index is 0.0865. The molecule has 0 heterocycles. The number of amides is 1. The smallest absolute Gasteiger partial charge is 0.252 e. The van der Waals surface area contributed by atoms with Gasteiger partial charge in [0.25, 0.3) is 5.91 Å². The molecule has 4 heteroatoms. The van der Waals surface area contributed by atoms with E-state index in [9.17, 15) is 4.79 Å². The summed E-state index contributed by atoms with van der Waals surface area (Å²) in [6.07, 6.45) is 0.669. The first-order valence-corrected chi connectivity index (χ1v) is 6.80. The molecule has 0 spiro atoms. The predicted molar refractivity (Wildman–Crippen MR) is 76.7 cm³/mol. The zero-order valence-electron chi connectivity index (χ0n) is 11.1. The summed E-state index contributed by atoms with van der Waals surface area (Å²) in [5, 5.41) is 11.9. The monoisotopic (exact) mass is 313 g/mol. The summed E-state index contributed by atoms with van der Waals surface area (Å²) in [5.74, 6) is -0.0865. The Labute approximate surface area is 117 Å². The average Bonchev–Trinajstić information content (AvgIpc) is 2.29. The highest BCUT2D eigenvalue weighted by molar-refractivity contribution is 9.10. The third-order valence-electron chi connectivity index (χ3n) is 2.88. The summed E-state index contributed by atoms with van der Waals surface area (Å²) in [5.41, 5.74) is 1.61. The van der Waals surface area contributed by atoms with Crippen LogP contribution in [0.5, 0.6) is 0 Å². The minimum atomic E-state index is -0.0965. The Morgan fingerprint density at radius 2 is 2.11 bits per heavy atom. The standard InChI is InChI=1S/C14H20BrNO2/c1-10-4-5-12(15)11(8-10)13(18)16-9-14(2,3)6-7-17/h4-5,8,17H,6-7,9H2,1-3H3,(H,16,18). The van der Waals surface area contributed by atoms with Gasteiger partial charge in [0.15, 0.2) is 0 Å². The summed E-state index contributed by atoms with van der Waals surface area (Å²) in [6, 6.07) is 5.69. The third kappa shape index (κ3) is 4.42. The van der Waals surface area contributed by atoms with Crippen molar-refractivity contribution in [1.82, 2.24) is 5.32 Å². The van der Waals surface area contributed by atoms with Gasteiger partial charge in [0.1, 0.15) is 0 Å². The van der Waals surface area contributed by atoms with Crippen molar-refractivity contribution in [3.63, 3.8) is 0 Å². The lowest BCUT2D eigenvalue weighted by molar-refractivity contribution is 0.0927. The maximum Gasteiger partial charge on any atom is 0.252 e. The lowest BCUT2D eigenvalue weighted by atomic mass is 9.89. The number of nitrogens with one attached hydrogen (secondary N) is 1. The van der Waals surface area contributed by atoms with Crippen molar-refractivity contribution in [2.45, 2.75) is 27.2 Å². The number of benzene rings is 1. The van der Waals surface area contributed by atoms with E-state index in [0.717, 1.165) is 10.0 Å². The van der Waals surface area contributed by atoms with E-state index in [0.29, 0.717) is 18.5 Å². The van der Waals surface area contributed by atoms with Crippen LogP contribution < -0.4 is 5.32 Å². The van der Waals surface area contributed by atoms with E-state index in [1.165, 1.54) is 0 Å². The summed E-state index contributed by atoms with van der Waals surface area (Å²) in [6.45, 7) is 6.69. The Kier molecular flexibility index (Phi) is 5.35. The molecule has 1 aromatic carbocycles. The number of aliphatic hydroxyl groups excluding tert-OH is 1. The molecule has 1 aromatic rings. The van der Waals surface area contributed by atoms with Crippen LogP contribution in [0.4, 0.5) is 0 Å². The number of rotatable bonds is 5. The second-order valence-electron chi connectivity index (χ2n) is 5.30. The zero-order chi connectivity index (χ0) is 13.8. The molecular formula is C14H20BrNO2. The lowest BCUT2D eigenvalue weighted by Crippen LogP contribution is -2.34. The highest BCUT2D eigenvalue weighted by atomic mass is 79.9. The fourth-order valence-corrected chi connectivity index (χ4v) is 2.05. The Morgan fingerprint density at radius 3 is 2.72 bits per heavy atom. The van der Waals surface area contributed by atoms with Gasteiger partial charge in [0.05, 0.1) is 5.56 Å². The Hall–Kier alpha value is -0.870. The first-order chi connectivity index (χ1) is 8.35. The number of hydrogen-bond acceptors (Lipinski definition) is 2. The first kappa shape index (κ1) is 15.2. The molecule has 0 radical (unpaired) electrons. The largest absolute Gasteiger partial charge is 0.396 e. The van der Waals surface area contributed by atoms with Gasteiger partial charge in [0.2, 0.25) is 0 Å². The number of carbonyl (C=O) groups is 1. The van der Waals surface area contributed by atoms with Gasteiger partial charge in [0, 0.05) is 17.6 Å². The van der Waals surface area contributed by atoms with Gasteiger partial charge in [-0.15, -0.1) is 0 Å².